The highest BCUT2D eigenvalue weighted by Gasteiger charge is 2.18. The first-order chi connectivity index (χ1) is 9.41. The number of benzene rings is 2. The fourth-order valence-corrected chi connectivity index (χ4v) is 2.70. The minimum Gasteiger partial charge on any atom is -0.294 e. The summed E-state index contributed by atoms with van der Waals surface area (Å²) in [6.45, 7) is 0. The SMILES string of the molecule is O=C(Cc1c(Cl)cccc1Cl)c1ccc(Br)c(Cl)c1F. The zero-order valence-electron chi connectivity index (χ0n) is 9.89. The first kappa shape index (κ1) is 15.8. The number of halogens is 5. The number of rotatable bonds is 3. The molecule has 0 saturated carbocycles. The number of Topliss-reactive ketones (excluding diaryl/α,β-unsaturated/α-hetero) is 1. The molecule has 0 aliphatic rings. The van der Waals surface area contributed by atoms with Crippen LogP contribution in [-0.4, -0.2) is 5.78 Å². The van der Waals surface area contributed by atoms with E-state index in [2.05, 4.69) is 15.9 Å². The lowest BCUT2D eigenvalue weighted by molar-refractivity contribution is 0.0989. The Balaban J connectivity index is 2.36. The molecule has 6 heteroatoms. The van der Waals surface area contributed by atoms with Gasteiger partial charge in [-0.2, -0.15) is 0 Å². The third-order valence-corrected chi connectivity index (χ3v) is 4.70. The minimum absolute atomic E-state index is 0.0887. The molecule has 1 nitrogen and oxygen atoms in total. The summed E-state index contributed by atoms with van der Waals surface area (Å²) in [4.78, 5) is 12.2. The zero-order valence-corrected chi connectivity index (χ0v) is 13.7. The van der Waals surface area contributed by atoms with Gasteiger partial charge in [-0.15, -0.1) is 0 Å². The van der Waals surface area contributed by atoms with Crippen LogP contribution in [0.25, 0.3) is 0 Å². The summed E-state index contributed by atoms with van der Waals surface area (Å²) in [6, 6.07) is 7.82. The van der Waals surface area contributed by atoms with Gasteiger partial charge in [0.15, 0.2) is 11.6 Å². The molecule has 0 spiro atoms. The molecule has 0 aliphatic heterocycles. The lowest BCUT2D eigenvalue weighted by Crippen LogP contribution is -2.07. The summed E-state index contributed by atoms with van der Waals surface area (Å²) in [6.07, 6.45) is -0.0899. The second-order valence-electron chi connectivity index (χ2n) is 4.02. The highest BCUT2D eigenvalue weighted by atomic mass is 79.9. The molecule has 2 aromatic carbocycles. The zero-order chi connectivity index (χ0) is 14.9. The lowest BCUT2D eigenvalue weighted by atomic mass is 10.0. The molecule has 0 atom stereocenters. The predicted octanol–water partition coefficient (Wildman–Crippen LogP) is 5.97. The largest absolute Gasteiger partial charge is 0.294 e. The van der Waals surface area contributed by atoms with Crippen LogP contribution >= 0.6 is 50.7 Å². The van der Waals surface area contributed by atoms with E-state index >= 15 is 0 Å². The molecule has 0 heterocycles. The number of hydrogen-bond donors (Lipinski definition) is 0. The van der Waals surface area contributed by atoms with Gasteiger partial charge in [0.1, 0.15) is 0 Å². The highest BCUT2D eigenvalue weighted by Crippen LogP contribution is 2.30. The minimum atomic E-state index is -0.755. The van der Waals surface area contributed by atoms with Crippen molar-refractivity contribution in [3.8, 4) is 0 Å². The summed E-state index contributed by atoms with van der Waals surface area (Å²) in [5.41, 5.74) is 0.383. The Labute approximate surface area is 138 Å². The van der Waals surface area contributed by atoms with Crippen LogP contribution in [0.3, 0.4) is 0 Å². The van der Waals surface area contributed by atoms with Crippen molar-refractivity contribution < 1.29 is 9.18 Å². The molecule has 0 amide bonds. The quantitative estimate of drug-likeness (QED) is 0.461. The highest BCUT2D eigenvalue weighted by molar-refractivity contribution is 9.10. The maximum absolute atomic E-state index is 14.0. The van der Waals surface area contributed by atoms with Gasteiger partial charge in [0.05, 0.1) is 10.6 Å². The van der Waals surface area contributed by atoms with Gasteiger partial charge in [0, 0.05) is 20.9 Å². The van der Waals surface area contributed by atoms with E-state index in [-0.39, 0.29) is 17.0 Å². The van der Waals surface area contributed by atoms with Crippen LogP contribution in [-0.2, 0) is 6.42 Å². The summed E-state index contributed by atoms with van der Waals surface area (Å²) in [7, 11) is 0. The molecule has 0 aromatic heterocycles. The van der Waals surface area contributed by atoms with Gasteiger partial charge in [-0.1, -0.05) is 40.9 Å². The summed E-state index contributed by atoms with van der Waals surface area (Å²) in [5.74, 6) is -1.19. The van der Waals surface area contributed by atoms with Crippen molar-refractivity contribution in [2.75, 3.05) is 0 Å². The van der Waals surface area contributed by atoms with Crippen molar-refractivity contribution >= 4 is 56.5 Å². The standard InChI is InChI=1S/C14H7BrCl3FO/c15-9-5-4-7(14(19)13(9)18)12(20)6-8-10(16)2-1-3-11(8)17/h1-5H,6H2. The van der Waals surface area contributed by atoms with Gasteiger partial charge in [-0.05, 0) is 45.8 Å². The van der Waals surface area contributed by atoms with Gasteiger partial charge in [-0.25, -0.2) is 4.39 Å². The van der Waals surface area contributed by atoms with Crippen molar-refractivity contribution in [2.45, 2.75) is 6.42 Å². The molecule has 20 heavy (non-hydrogen) atoms. The Kier molecular flexibility index (Phi) is 5.08. The second-order valence-corrected chi connectivity index (χ2v) is 6.07. The van der Waals surface area contributed by atoms with E-state index in [1.807, 2.05) is 0 Å². The van der Waals surface area contributed by atoms with E-state index in [9.17, 15) is 9.18 Å². The monoisotopic (exact) mass is 394 g/mol. The van der Waals surface area contributed by atoms with Crippen LogP contribution in [0.1, 0.15) is 15.9 Å². The molecule has 0 saturated heterocycles. The maximum atomic E-state index is 14.0. The van der Waals surface area contributed by atoms with Crippen LogP contribution in [0, 0.1) is 5.82 Å². The Morgan fingerprint density at radius 2 is 1.70 bits per heavy atom. The van der Waals surface area contributed by atoms with Crippen LogP contribution < -0.4 is 0 Å². The van der Waals surface area contributed by atoms with E-state index in [0.29, 0.717) is 20.1 Å². The third-order valence-electron chi connectivity index (χ3n) is 2.73. The topological polar surface area (TPSA) is 17.1 Å². The van der Waals surface area contributed by atoms with Crippen LogP contribution in [0.2, 0.25) is 15.1 Å². The molecule has 2 aromatic rings. The van der Waals surface area contributed by atoms with E-state index < -0.39 is 11.6 Å². The van der Waals surface area contributed by atoms with E-state index in [1.54, 1.807) is 18.2 Å². The van der Waals surface area contributed by atoms with Crippen molar-refractivity contribution in [1.82, 2.24) is 0 Å². The average Bonchev–Trinajstić information content (AvgIpc) is 2.40. The Morgan fingerprint density at radius 1 is 1.10 bits per heavy atom. The molecule has 0 N–H and O–H groups in total. The molecule has 0 bridgehead atoms. The van der Waals surface area contributed by atoms with Crippen LogP contribution in [0.4, 0.5) is 4.39 Å². The predicted molar refractivity (Wildman–Crippen MR) is 83.6 cm³/mol. The summed E-state index contributed by atoms with van der Waals surface area (Å²) >= 11 is 20.8. The van der Waals surface area contributed by atoms with Crippen molar-refractivity contribution in [2.24, 2.45) is 0 Å². The lowest BCUT2D eigenvalue weighted by Gasteiger charge is -2.08. The van der Waals surface area contributed by atoms with E-state index in [0.717, 1.165) is 0 Å². The Hall–Kier alpha value is -0.610. The number of ketones is 1. The molecule has 104 valence electrons. The fraction of sp³-hybridized carbons (Fsp3) is 0.0714. The molecule has 2 rings (SSSR count). The Bertz CT molecular complexity index is 668. The normalized spacial score (nSPS) is 10.7. The number of carbonyl (C=O) groups is 1. The average molecular weight is 396 g/mol. The fourth-order valence-electron chi connectivity index (χ4n) is 1.70. The smallest absolute Gasteiger partial charge is 0.170 e. The molecular weight excluding hydrogens is 389 g/mol. The summed E-state index contributed by atoms with van der Waals surface area (Å²) in [5, 5.41) is 0.616. The number of hydrogen-bond acceptors (Lipinski definition) is 1. The molecule has 0 unspecified atom stereocenters. The van der Waals surface area contributed by atoms with Gasteiger partial charge in [0.2, 0.25) is 0 Å². The molecule has 0 aliphatic carbocycles. The van der Waals surface area contributed by atoms with Crippen molar-refractivity contribution in [3.63, 3.8) is 0 Å². The number of carbonyl (C=O) groups excluding carboxylic acids is 1. The van der Waals surface area contributed by atoms with E-state index in [1.165, 1.54) is 12.1 Å². The van der Waals surface area contributed by atoms with Crippen molar-refractivity contribution in [1.29, 1.82) is 0 Å². The van der Waals surface area contributed by atoms with Crippen LogP contribution in [0.15, 0.2) is 34.8 Å². The molecule has 0 radical (unpaired) electrons. The van der Waals surface area contributed by atoms with Gasteiger partial charge >= 0.3 is 0 Å². The summed E-state index contributed by atoms with van der Waals surface area (Å²) < 4.78 is 14.4. The first-order valence-electron chi connectivity index (χ1n) is 5.51. The second kappa shape index (κ2) is 6.44. The Morgan fingerprint density at radius 3 is 2.30 bits per heavy atom. The van der Waals surface area contributed by atoms with Crippen LogP contribution in [0.5, 0.6) is 0 Å². The molecule has 0 fully saturated rings. The first-order valence-corrected chi connectivity index (χ1v) is 7.44. The third kappa shape index (κ3) is 3.17. The van der Waals surface area contributed by atoms with Gasteiger partial charge in [-0.3, -0.25) is 4.79 Å². The van der Waals surface area contributed by atoms with Gasteiger partial charge in [0.25, 0.3) is 0 Å². The van der Waals surface area contributed by atoms with E-state index in [4.69, 9.17) is 34.8 Å². The van der Waals surface area contributed by atoms with Gasteiger partial charge < -0.3 is 0 Å². The molecular formula is C14H7BrCl3FO. The maximum Gasteiger partial charge on any atom is 0.170 e. The van der Waals surface area contributed by atoms with Crippen molar-refractivity contribution in [3.05, 3.63) is 66.8 Å².